The molecule has 5 rings (SSSR count). The first-order chi connectivity index (χ1) is 13.8. The molecular formula is C22H33N5O. The Morgan fingerprint density at radius 1 is 0.964 bits per heavy atom. The summed E-state index contributed by atoms with van der Waals surface area (Å²) in [7, 11) is 0. The van der Waals surface area contributed by atoms with Crippen LogP contribution in [0.2, 0.25) is 0 Å². The van der Waals surface area contributed by atoms with E-state index in [1.54, 1.807) is 12.4 Å². The average Bonchev–Trinajstić information content (AvgIpc) is 3.16. The van der Waals surface area contributed by atoms with Crippen LogP contribution in [0.25, 0.3) is 0 Å². The third-order valence-electron chi connectivity index (χ3n) is 7.85. The fourth-order valence-electron chi connectivity index (χ4n) is 6.03. The highest BCUT2D eigenvalue weighted by atomic mass is 16.2. The van der Waals surface area contributed by atoms with Crippen LogP contribution in [0, 0.1) is 11.3 Å². The summed E-state index contributed by atoms with van der Waals surface area (Å²) in [5.74, 6) is 1.29. The smallest absolute Gasteiger partial charge is 0.228 e. The second kappa shape index (κ2) is 7.62. The van der Waals surface area contributed by atoms with E-state index in [0.717, 1.165) is 51.3 Å². The molecule has 28 heavy (non-hydrogen) atoms. The molecule has 1 aromatic rings. The zero-order valence-electron chi connectivity index (χ0n) is 16.9. The molecule has 0 N–H and O–H groups in total. The van der Waals surface area contributed by atoms with E-state index in [2.05, 4.69) is 24.7 Å². The first-order valence-corrected chi connectivity index (χ1v) is 11.3. The van der Waals surface area contributed by atoms with E-state index >= 15 is 0 Å². The zero-order valence-corrected chi connectivity index (χ0v) is 16.9. The molecule has 0 bridgehead atoms. The number of aromatic nitrogens is 2. The third kappa shape index (κ3) is 3.30. The van der Waals surface area contributed by atoms with E-state index in [4.69, 9.17) is 0 Å². The maximum Gasteiger partial charge on any atom is 0.228 e. The van der Waals surface area contributed by atoms with Gasteiger partial charge in [0, 0.05) is 63.1 Å². The van der Waals surface area contributed by atoms with Crippen molar-refractivity contribution in [2.45, 2.75) is 57.4 Å². The van der Waals surface area contributed by atoms with Gasteiger partial charge in [0.2, 0.25) is 11.9 Å². The van der Waals surface area contributed by atoms with Crippen molar-refractivity contribution in [3.8, 4) is 0 Å². The molecule has 2 aliphatic carbocycles. The number of rotatable bonds is 3. The summed E-state index contributed by atoms with van der Waals surface area (Å²) in [6.45, 7) is 5.65. The fourth-order valence-corrected chi connectivity index (χ4v) is 6.03. The minimum Gasteiger partial charge on any atom is -0.340 e. The van der Waals surface area contributed by atoms with Crippen LogP contribution in [0.5, 0.6) is 0 Å². The van der Waals surface area contributed by atoms with Gasteiger partial charge in [-0.2, -0.15) is 0 Å². The van der Waals surface area contributed by atoms with Crippen molar-refractivity contribution in [2.24, 2.45) is 11.3 Å². The summed E-state index contributed by atoms with van der Waals surface area (Å²) in [6.07, 6.45) is 14.1. The van der Waals surface area contributed by atoms with Crippen LogP contribution in [0.4, 0.5) is 5.95 Å². The molecule has 2 saturated heterocycles. The number of amides is 1. The Bertz CT molecular complexity index is 677. The molecule has 2 aliphatic heterocycles. The quantitative estimate of drug-likeness (QED) is 0.803. The molecule has 3 heterocycles. The van der Waals surface area contributed by atoms with Crippen LogP contribution in [0.15, 0.2) is 18.5 Å². The van der Waals surface area contributed by atoms with Gasteiger partial charge in [0.1, 0.15) is 0 Å². The Morgan fingerprint density at radius 3 is 2.32 bits per heavy atom. The second-order valence-electron chi connectivity index (χ2n) is 9.35. The molecule has 4 aliphatic rings. The number of anilines is 1. The highest BCUT2D eigenvalue weighted by molar-refractivity contribution is 5.81. The Hall–Kier alpha value is -1.69. The molecule has 6 nitrogen and oxygen atoms in total. The first kappa shape index (κ1) is 18.3. The molecule has 4 fully saturated rings. The number of hydrogen-bond acceptors (Lipinski definition) is 5. The van der Waals surface area contributed by atoms with Crippen LogP contribution < -0.4 is 4.90 Å². The molecule has 1 amide bonds. The van der Waals surface area contributed by atoms with Crippen molar-refractivity contribution in [1.29, 1.82) is 0 Å². The molecule has 0 aromatic carbocycles. The molecule has 1 aromatic heterocycles. The summed E-state index contributed by atoms with van der Waals surface area (Å²) < 4.78 is 0. The molecule has 0 radical (unpaired) electrons. The van der Waals surface area contributed by atoms with Gasteiger partial charge in [-0.25, -0.2) is 9.97 Å². The van der Waals surface area contributed by atoms with E-state index in [-0.39, 0.29) is 11.3 Å². The maximum atomic E-state index is 13.5. The summed E-state index contributed by atoms with van der Waals surface area (Å²) in [5.41, 5.74) is 0.163. The van der Waals surface area contributed by atoms with E-state index in [1.807, 2.05) is 6.07 Å². The lowest BCUT2D eigenvalue weighted by Gasteiger charge is -2.45. The van der Waals surface area contributed by atoms with E-state index in [0.29, 0.717) is 5.91 Å². The lowest BCUT2D eigenvalue weighted by Crippen LogP contribution is -2.55. The third-order valence-corrected chi connectivity index (χ3v) is 7.85. The number of hydrogen-bond donors (Lipinski definition) is 0. The Labute approximate surface area is 168 Å². The largest absolute Gasteiger partial charge is 0.340 e. The Balaban J connectivity index is 1.23. The summed E-state index contributed by atoms with van der Waals surface area (Å²) in [5, 5.41) is 0. The lowest BCUT2D eigenvalue weighted by molar-refractivity contribution is -0.142. The van der Waals surface area contributed by atoms with Crippen molar-refractivity contribution in [2.75, 3.05) is 44.2 Å². The summed E-state index contributed by atoms with van der Waals surface area (Å²) in [4.78, 5) is 29.5. The standard InChI is InChI=1S/C22H33N5O/c28-20(26-14-12-25(13-15-26)18-6-2-1-3-7-18)19-16-27(17-22(19)8-4-9-22)21-23-10-5-11-24-21/h5,10-11,18-19H,1-4,6-9,12-17H2. The maximum absolute atomic E-state index is 13.5. The van der Waals surface area contributed by atoms with Gasteiger partial charge in [-0.3, -0.25) is 9.69 Å². The predicted octanol–water partition coefficient (Wildman–Crippen LogP) is 2.56. The minimum absolute atomic E-state index is 0.117. The molecular weight excluding hydrogens is 350 g/mol. The highest BCUT2D eigenvalue weighted by Gasteiger charge is 2.54. The van der Waals surface area contributed by atoms with Gasteiger partial charge in [0.05, 0.1) is 5.92 Å². The van der Waals surface area contributed by atoms with Crippen molar-refractivity contribution in [3.63, 3.8) is 0 Å². The van der Waals surface area contributed by atoms with Crippen molar-refractivity contribution < 1.29 is 4.79 Å². The number of piperazine rings is 1. The Morgan fingerprint density at radius 2 is 1.68 bits per heavy atom. The topological polar surface area (TPSA) is 52.6 Å². The van der Waals surface area contributed by atoms with Gasteiger partial charge in [-0.1, -0.05) is 25.7 Å². The molecule has 152 valence electrons. The van der Waals surface area contributed by atoms with Gasteiger partial charge in [0.25, 0.3) is 0 Å². The van der Waals surface area contributed by atoms with Crippen LogP contribution >= 0.6 is 0 Å². The highest BCUT2D eigenvalue weighted by Crippen LogP contribution is 2.52. The zero-order chi connectivity index (χ0) is 19.0. The van der Waals surface area contributed by atoms with Gasteiger partial charge in [-0.05, 0) is 31.7 Å². The van der Waals surface area contributed by atoms with Crippen LogP contribution in [0.1, 0.15) is 51.4 Å². The fraction of sp³-hybridized carbons (Fsp3) is 0.773. The number of nitrogens with zero attached hydrogens (tertiary/aromatic N) is 5. The molecule has 1 spiro atoms. The van der Waals surface area contributed by atoms with Gasteiger partial charge >= 0.3 is 0 Å². The molecule has 2 saturated carbocycles. The van der Waals surface area contributed by atoms with Crippen LogP contribution in [-0.2, 0) is 4.79 Å². The second-order valence-corrected chi connectivity index (χ2v) is 9.35. The SMILES string of the molecule is O=C(C1CN(c2ncccn2)CC12CCC2)N1CCN(C2CCCCC2)CC1. The predicted molar refractivity (Wildman–Crippen MR) is 109 cm³/mol. The minimum atomic E-state index is 0.117. The van der Waals surface area contributed by atoms with Crippen LogP contribution in [-0.4, -0.2) is 71.0 Å². The molecule has 1 atom stereocenters. The van der Waals surface area contributed by atoms with E-state index < -0.39 is 0 Å². The lowest BCUT2D eigenvalue weighted by atomic mass is 9.62. The monoisotopic (exact) mass is 383 g/mol. The summed E-state index contributed by atoms with van der Waals surface area (Å²) >= 11 is 0. The van der Waals surface area contributed by atoms with E-state index in [9.17, 15) is 4.79 Å². The molecule has 1 unspecified atom stereocenters. The van der Waals surface area contributed by atoms with Crippen molar-refractivity contribution in [1.82, 2.24) is 19.8 Å². The van der Waals surface area contributed by atoms with Gasteiger partial charge in [-0.15, -0.1) is 0 Å². The summed E-state index contributed by atoms with van der Waals surface area (Å²) in [6, 6.07) is 2.62. The number of carbonyl (C=O) groups is 1. The normalized spacial score (nSPS) is 28.5. The van der Waals surface area contributed by atoms with E-state index in [1.165, 1.54) is 51.4 Å². The van der Waals surface area contributed by atoms with Gasteiger partial charge < -0.3 is 9.80 Å². The van der Waals surface area contributed by atoms with Gasteiger partial charge in [0.15, 0.2) is 0 Å². The molecule has 6 heteroatoms. The first-order valence-electron chi connectivity index (χ1n) is 11.3. The van der Waals surface area contributed by atoms with Crippen molar-refractivity contribution >= 4 is 11.9 Å². The average molecular weight is 384 g/mol. The van der Waals surface area contributed by atoms with Crippen molar-refractivity contribution in [3.05, 3.63) is 18.5 Å². The number of carbonyl (C=O) groups excluding carboxylic acids is 1. The Kier molecular flexibility index (Phi) is 4.99. The van der Waals surface area contributed by atoms with Crippen LogP contribution in [0.3, 0.4) is 0 Å².